The van der Waals surface area contributed by atoms with Crippen LogP contribution >= 0.6 is 23.4 Å². The molecular formula is C20H21ClN2O4S2. The first kappa shape index (κ1) is 21.8. The number of hydrogen-bond acceptors (Lipinski definition) is 6. The van der Waals surface area contributed by atoms with E-state index in [1.54, 1.807) is 25.3 Å². The summed E-state index contributed by atoms with van der Waals surface area (Å²) in [6, 6.07) is 6.89. The van der Waals surface area contributed by atoms with Gasteiger partial charge in [0.25, 0.3) is 0 Å². The predicted molar refractivity (Wildman–Crippen MR) is 115 cm³/mol. The molecule has 1 saturated heterocycles. The molecule has 0 bridgehead atoms. The highest BCUT2D eigenvalue weighted by Crippen LogP contribution is 2.26. The lowest BCUT2D eigenvalue weighted by atomic mass is 10.2. The number of benzene rings is 1. The Morgan fingerprint density at radius 1 is 1.45 bits per heavy atom. The first-order valence-electron chi connectivity index (χ1n) is 9.05. The second kappa shape index (κ2) is 9.24. The van der Waals surface area contributed by atoms with E-state index in [0.717, 1.165) is 5.56 Å². The zero-order valence-corrected chi connectivity index (χ0v) is 18.3. The van der Waals surface area contributed by atoms with Gasteiger partial charge in [0, 0.05) is 16.6 Å². The van der Waals surface area contributed by atoms with E-state index < -0.39 is 15.1 Å². The van der Waals surface area contributed by atoms with Crippen LogP contribution < -0.4 is 0 Å². The Morgan fingerprint density at radius 3 is 2.79 bits per heavy atom. The lowest BCUT2D eigenvalue weighted by Crippen LogP contribution is -2.45. The summed E-state index contributed by atoms with van der Waals surface area (Å²) in [6.07, 6.45) is 7.47. The van der Waals surface area contributed by atoms with Gasteiger partial charge in [0.1, 0.15) is 0 Å². The number of aromatic nitrogens is 1. The Balaban J connectivity index is 1.60. The molecule has 3 rings (SSSR count). The van der Waals surface area contributed by atoms with Crippen molar-refractivity contribution < 1.29 is 17.6 Å². The maximum Gasteiger partial charge on any atom is 0.236 e. The van der Waals surface area contributed by atoms with Crippen molar-refractivity contribution in [3.05, 3.63) is 41.4 Å². The van der Waals surface area contributed by atoms with E-state index in [9.17, 15) is 13.2 Å². The standard InChI is InChI=1S/C20H21ClN2O4S2/c1-3-9-23(17-8-10-29(25,26)13-17)20(24)14(2)28-12-19-22-11-18(27-19)15-4-6-16(21)7-5-15/h1,4-7,11,14,17H,8-10,12-13H2,2H3/t14-,17+/m1/s1. The average molecular weight is 453 g/mol. The number of sulfone groups is 1. The van der Waals surface area contributed by atoms with Crippen LogP contribution in [-0.2, 0) is 20.4 Å². The molecule has 1 aromatic carbocycles. The Kier molecular flexibility index (Phi) is 6.93. The van der Waals surface area contributed by atoms with Gasteiger partial charge in [-0.1, -0.05) is 17.5 Å². The molecule has 0 unspecified atom stereocenters. The smallest absolute Gasteiger partial charge is 0.236 e. The minimum absolute atomic E-state index is 0.0258. The van der Waals surface area contributed by atoms with Crippen LogP contribution in [0.15, 0.2) is 34.9 Å². The van der Waals surface area contributed by atoms with Crippen LogP contribution in [0.3, 0.4) is 0 Å². The van der Waals surface area contributed by atoms with E-state index in [1.165, 1.54) is 16.7 Å². The molecule has 1 aliphatic heterocycles. The molecule has 1 fully saturated rings. The number of halogens is 1. The molecule has 2 atom stereocenters. The van der Waals surface area contributed by atoms with Gasteiger partial charge in [-0.3, -0.25) is 4.79 Å². The molecule has 9 heteroatoms. The zero-order valence-electron chi connectivity index (χ0n) is 15.9. The molecule has 0 spiro atoms. The van der Waals surface area contributed by atoms with Crippen molar-refractivity contribution in [2.24, 2.45) is 0 Å². The third kappa shape index (κ3) is 5.56. The monoisotopic (exact) mass is 452 g/mol. The van der Waals surface area contributed by atoms with Crippen LogP contribution in [0.2, 0.25) is 5.02 Å². The van der Waals surface area contributed by atoms with Gasteiger partial charge >= 0.3 is 0 Å². The van der Waals surface area contributed by atoms with Gasteiger partial charge in [-0.25, -0.2) is 13.4 Å². The molecule has 154 valence electrons. The number of carbonyl (C=O) groups is 1. The van der Waals surface area contributed by atoms with Crippen LogP contribution in [0.25, 0.3) is 11.3 Å². The first-order valence-corrected chi connectivity index (χ1v) is 12.3. The average Bonchev–Trinajstić information content (AvgIpc) is 3.30. The van der Waals surface area contributed by atoms with Crippen LogP contribution in [0.1, 0.15) is 19.2 Å². The molecule has 1 aliphatic rings. The zero-order chi connectivity index (χ0) is 21.0. The number of terminal acetylenes is 1. The molecule has 0 radical (unpaired) electrons. The SMILES string of the molecule is C#CCN(C(=O)[C@@H](C)SCc1ncc(-c2ccc(Cl)cc2)o1)[C@H]1CCS(=O)(=O)C1. The number of carbonyl (C=O) groups excluding carboxylic acids is 1. The topological polar surface area (TPSA) is 80.5 Å². The van der Waals surface area contributed by atoms with Crippen molar-refractivity contribution in [3.63, 3.8) is 0 Å². The van der Waals surface area contributed by atoms with E-state index in [-0.39, 0.29) is 30.0 Å². The third-order valence-electron chi connectivity index (χ3n) is 4.68. The summed E-state index contributed by atoms with van der Waals surface area (Å²) in [5, 5.41) is 0.237. The largest absolute Gasteiger partial charge is 0.440 e. The second-order valence-corrected chi connectivity index (χ2v) is 10.8. The minimum atomic E-state index is -3.10. The summed E-state index contributed by atoms with van der Waals surface area (Å²) in [6.45, 7) is 1.88. The van der Waals surface area contributed by atoms with Crippen LogP contribution in [0.5, 0.6) is 0 Å². The van der Waals surface area contributed by atoms with Gasteiger partial charge in [-0.15, -0.1) is 18.2 Å². The Morgan fingerprint density at radius 2 is 2.17 bits per heavy atom. The number of rotatable bonds is 7. The maximum atomic E-state index is 12.9. The minimum Gasteiger partial charge on any atom is -0.440 e. The van der Waals surface area contributed by atoms with Gasteiger partial charge < -0.3 is 9.32 Å². The number of thioether (sulfide) groups is 1. The third-order valence-corrected chi connectivity index (χ3v) is 7.80. The number of nitrogens with zero attached hydrogens (tertiary/aromatic N) is 2. The predicted octanol–water partition coefficient (Wildman–Crippen LogP) is 3.27. The first-order chi connectivity index (χ1) is 13.8. The number of amides is 1. The van der Waals surface area contributed by atoms with Crippen LogP contribution in [0.4, 0.5) is 0 Å². The Hall–Kier alpha value is -1.95. The summed E-state index contributed by atoms with van der Waals surface area (Å²) in [4.78, 5) is 18.6. The van der Waals surface area contributed by atoms with Crippen LogP contribution in [0, 0.1) is 12.3 Å². The quantitative estimate of drug-likeness (QED) is 0.600. The Labute approximate surface area is 179 Å². The summed E-state index contributed by atoms with van der Waals surface area (Å²) < 4.78 is 29.3. The summed E-state index contributed by atoms with van der Waals surface area (Å²) >= 11 is 7.27. The lowest BCUT2D eigenvalue weighted by molar-refractivity contribution is -0.131. The molecular weight excluding hydrogens is 432 g/mol. The van der Waals surface area contributed by atoms with E-state index >= 15 is 0 Å². The summed E-state index contributed by atoms with van der Waals surface area (Å²) in [5.41, 5.74) is 0.866. The van der Waals surface area contributed by atoms with E-state index in [0.29, 0.717) is 28.8 Å². The van der Waals surface area contributed by atoms with Crippen LogP contribution in [-0.4, -0.2) is 53.6 Å². The molecule has 0 saturated carbocycles. The van der Waals surface area contributed by atoms with Gasteiger partial charge in [0.05, 0.1) is 35.3 Å². The van der Waals surface area contributed by atoms with Crippen molar-refractivity contribution in [1.29, 1.82) is 0 Å². The molecule has 29 heavy (non-hydrogen) atoms. The summed E-state index contributed by atoms with van der Waals surface area (Å²) in [7, 11) is -3.10. The van der Waals surface area contributed by atoms with Gasteiger partial charge in [-0.2, -0.15) is 0 Å². The van der Waals surface area contributed by atoms with Gasteiger partial charge in [-0.05, 0) is 37.6 Å². The fraction of sp³-hybridized carbons (Fsp3) is 0.400. The molecule has 0 aliphatic carbocycles. The number of oxazole rings is 1. The van der Waals surface area contributed by atoms with Crippen molar-refractivity contribution in [1.82, 2.24) is 9.88 Å². The normalized spacial score (nSPS) is 18.9. The van der Waals surface area contributed by atoms with E-state index in [2.05, 4.69) is 10.9 Å². The molecule has 1 aromatic heterocycles. The second-order valence-electron chi connectivity index (χ2n) is 6.81. The molecule has 2 aromatic rings. The fourth-order valence-corrected chi connectivity index (χ4v) is 5.79. The lowest BCUT2D eigenvalue weighted by Gasteiger charge is -2.28. The molecule has 0 N–H and O–H groups in total. The fourth-order valence-electron chi connectivity index (χ4n) is 3.13. The van der Waals surface area contributed by atoms with Gasteiger partial charge in [0.15, 0.2) is 15.6 Å². The van der Waals surface area contributed by atoms with Crippen molar-refractivity contribution >= 4 is 39.1 Å². The summed E-state index contributed by atoms with van der Waals surface area (Å²) in [5.74, 6) is 3.91. The van der Waals surface area contributed by atoms with Crippen molar-refractivity contribution in [2.45, 2.75) is 30.4 Å². The highest BCUT2D eigenvalue weighted by Gasteiger charge is 2.35. The van der Waals surface area contributed by atoms with Crippen molar-refractivity contribution in [2.75, 3.05) is 18.1 Å². The van der Waals surface area contributed by atoms with E-state index in [1.807, 2.05) is 12.1 Å². The van der Waals surface area contributed by atoms with E-state index in [4.69, 9.17) is 22.4 Å². The number of hydrogen-bond donors (Lipinski definition) is 0. The highest BCUT2D eigenvalue weighted by molar-refractivity contribution is 7.99. The Bertz CT molecular complexity index is 1010. The maximum absolute atomic E-state index is 12.9. The molecule has 2 heterocycles. The molecule has 1 amide bonds. The molecule has 6 nitrogen and oxygen atoms in total. The van der Waals surface area contributed by atoms with Crippen molar-refractivity contribution in [3.8, 4) is 23.7 Å². The van der Waals surface area contributed by atoms with Gasteiger partial charge in [0.2, 0.25) is 11.8 Å². The highest BCUT2D eigenvalue weighted by atomic mass is 35.5.